The number of aliphatic hydroxyl groups is 1. The molecule has 1 aromatic rings. The Labute approximate surface area is 162 Å². The number of halogens is 3. The molecule has 2 N–H and O–H groups in total. The number of rotatable bonds is 8. The van der Waals surface area contributed by atoms with Gasteiger partial charge in [-0.05, 0) is 17.4 Å². The van der Waals surface area contributed by atoms with Gasteiger partial charge in [0.2, 0.25) is 5.91 Å². The molecule has 0 saturated heterocycles. The van der Waals surface area contributed by atoms with Crippen molar-refractivity contribution in [3.8, 4) is 0 Å². The van der Waals surface area contributed by atoms with Crippen LogP contribution < -0.4 is 10.4 Å². The Hall–Kier alpha value is -2.29. The first-order valence-electron chi connectivity index (χ1n) is 8.93. The van der Waals surface area contributed by atoms with Crippen LogP contribution in [-0.2, 0) is 11.3 Å². The molecule has 0 bridgehead atoms. The number of hydrogen-bond acceptors (Lipinski definition) is 4. The molecule has 0 saturated carbocycles. The molecule has 0 heterocycles. The van der Waals surface area contributed by atoms with Gasteiger partial charge in [0.15, 0.2) is 6.10 Å². The summed E-state index contributed by atoms with van der Waals surface area (Å²) in [6, 6.07) is 5.56. The standard InChI is InChI=1S/C19H27F3N2O4/c1-11(2)14(16(25)19(20,21)22)23-17(26)15(12(3)4)24(18(27)28)10-13-8-6-5-7-9-13/h5-9,11-12,14-16,25H,10H2,1-4H3,(H,23,26)(H,27,28)/p-1/t14-,15+,16+/m1/s1. The van der Waals surface area contributed by atoms with Gasteiger partial charge in [-0.2, -0.15) is 13.2 Å². The zero-order valence-electron chi connectivity index (χ0n) is 16.2. The van der Waals surface area contributed by atoms with Crippen molar-refractivity contribution in [1.82, 2.24) is 10.2 Å². The van der Waals surface area contributed by atoms with Crippen LogP contribution in [0.4, 0.5) is 18.0 Å². The van der Waals surface area contributed by atoms with E-state index in [0.717, 1.165) is 4.90 Å². The zero-order valence-corrected chi connectivity index (χ0v) is 16.2. The first-order valence-corrected chi connectivity index (χ1v) is 8.93. The third-order valence-corrected chi connectivity index (χ3v) is 4.37. The first-order chi connectivity index (χ1) is 12.9. The third-order valence-electron chi connectivity index (χ3n) is 4.37. The predicted molar refractivity (Wildman–Crippen MR) is 94.8 cm³/mol. The van der Waals surface area contributed by atoms with Gasteiger partial charge in [-0.25, -0.2) is 0 Å². The molecule has 1 rings (SSSR count). The summed E-state index contributed by atoms with van der Waals surface area (Å²) >= 11 is 0. The minimum absolute atomic E-state index is 0.159. The SMILES string of the molecule is CC(C)[C@@H](NC(=O)[C@H](C(C)C)N(Cc1ccccc1)C(=O)[O-])[C@H](O)C(F)(F)F. The maximum Gasteiger partial charge on any atom is 0.416 e. The molecule has 0 spiro atoms. The molecule has 0 fully saturated rings. The number of aliphatic hydroxyl groups excluding tert-OH is 1. The molecule has 1 aromatic carbocycles. The van der Waals surface area contributed by atoms with E-state index in [1.165, 1.54) is 13.8 Å². The van der Waals surface area contributed by atoms with Crippen molar-refractivity contribution >= 4 is 12.0 Å². The monoisotopic (exact) mass is 403 g/mol. The maximum atomic E-state index is 12.9. The van der Waals surface area contributed by atoms with E-state index in [1.54, 1.807) is 44.2 Å². The number of hydrogen-bond donors (Lipinski definition) is 2. The van der Waals surface area contributed by atoms with Gasteiger partial charge in [-0.1, -0.05) is 58.0 Å². The summed E-state index contributed by atoms with van der Waals surface area (Å²) in [5, 5.41) is 23.4. The molecule has 0 unspecified atom stereocenters. The summed E-state index contributed by atoms with van der Waals surface area (Å²) in [6.07, 6.45) is -9.31. The second-order valence-corrected chi connectivity index (χ2v) is 7.33. The van der Waals surface area contributed by atoms with Gasteiger partial charge >= 0.3 is 6.18 Å². The van der Waals surface area contributed by atoms with Crippen LogP contribution in [0.1, 0.15) is 33.3 Å². The van der Waals surface area contributed by atoms with Crippen LogP contribution in [-0.4, -0.2) is 46.4 Å². The maximum absolute atomic E-state index is 12.9. The lowest BCUT2D eigenvalue weighted by Crippen LogP contribution is -2.60. The number of benzene rings is 1. The second-order valence-electron chi connectivity index (χ2n) is 7.33. The molecule has 9 heteroatoms. The van der Waals surface area contributed by atoms with Crippen molar-refractivity contribution < 1.29 is 33.0 Å². The summed E-state index contributed by atoms with van der Waals surface area (Å²) in [5.74, 6) is -2.20. The molecule has 0 aliphatic heterocycles. The topological polar surface area (TPSA) is 92.7 Å². The van der Waals surface area contributed by atoms with Crippen LogP contribution in [0, 0.1) is 11.8 Å². The number of nitrogens with one attached hydrogen (secondary N) is 1. The quantitative estimate of drug-likeness (QED) is 0.694. The summed E-state index contributed by atoms with van der Waals surface area (Å²) in [5.41, 5.74) is 0.598. The van der Waals surface area contributed by atoms with E-state index in [0.29, 0.717) is 5.56 Å². The first kappa shape index (κ1) is 23.7. The fraction of sp³-hybridized carbons (Fsp3) is 0.579. The van der Waals surface area contributed by atoms with Crippen LogP contribution in [0.15, 0.2) is 30.3 Å². The smallest absolute Gasteiger partial charge is 0.416 e. The van der Waals surface area contributed by atoms with E-state index < -0.39 is 48.2 Å². The highest BCUT2D eigenvalue weighted by Crippen LogP contribution is 2.26. The Morgan fingerprint density at radius 3 is 2.04 bits per heavy atom. The zero-order chi connectivity index (χ0) is 21.6. The molecule has 3 atom stereocenters. The highest BCUT2D eigenvalue weighted by molar-refractivity contribution is 5.85. The number of alkyl halides is 3. The summed E-state index contributed by atoms with van der Waals surface area (Å²) < 4.78 is 38.8. The third kappa shape index (κ3) is 6.40. The van der Waals surface area contributed by atoms with Gasteiger partial charge in [-0.3, -0.25) is 4.79 Å². The normalized spacial score (nSPS) is 15.2. The lowest BCUT2D eigenvalue weighted by atomic mass is 9.95. The molecular formula is C19H26F3N2O4-. The Balaban J connectivity index is 3.12. The largest absolute Gasteiger partial charge is 0.530 e. The average Bonchev–Trinajstić information content (AvgIpc) is 2.57. The van der Waals surface area contributed by atoms with E-state index in [1.807, 2.05) is 0 Å². The van der Waals surface area contributed by atoms with Crippen LogP contribution >= 0.6 is 0 Å². The molecule has 158 valence electrons. The molecule has 28 heavy (non-hydrogen) atoms. The second kappa shape index (κ2) is 9.77. The minimum atomic E-state index is -4.92. The summed E-state index contributed by atoms with van der Waals surface area (Å²) in [4.78, 5) is 25.2. The van der Waals surface area contributed by atoms with Crippen molar-refractivity contribution in [3.63, 3.8) is 0 Å². The molecule has 0 aliphatic carbocycles. The van der Waals surface area contributed by atoms with Gasteiger partial charge < -0.3 is 25.2 Å². The fourth-order valence-electron chi connectivity index (χ4n) is 2.92. The van der Waals surface area contributed by atoms with Gasteiger partial charge in [0.05, 0.1) is 6.04 Å². The number of carbonyl (C=O) groups excluding carboxylic acids is 2. The fourth-order valence-corrected chi connectivity index (χ4v) is 2.92. The molecule has 0 aromatic heterocycles. The van der Waals surface area contributed by atoms with Gasteiger partial charge in [0.25, 0.3) is 0 Å². The number of carbonyl (C=O) groups is 2. The number of carboxylic acid groups (broad SMARTS) is 1. The predicted octanol–water partition coefficient (Wildman–Crippen LogP) is 1.92. The molecule has 6 nitrogen and oxygen atoms in total. The van der Waals surface area contributed by atoms with E-state index in [-0.39, 0.29) is 6.54 Å². The average molecular weight is 403 g/mol. The molecular weight excluding hydrogens is 377 g/mol. The van der Waals surface area contributed by atoms with E-state index in [4.69, 9.17) is 0 Å². The number of amides is 2. The van der Waals surface area contributed by atoms with Crippen LogP contribution in [0.3, 0.4) is 0 Å². The van der Waals surface area contributed by atoms with Crippen LogP contribution in [0.25, 0.3) is 0 Å². The van der Waals surface area contributed by atoms with Crippen molar-refractivity contribution in [2.75, 3.05) is 0 Å². The highest BCUT2D eigenvalue weighted by atomic mass is 19.4. The molecule has 0 aliphatic rings. The van der Waals surface area contributed by atoms with Gasteiger partial charge in [0, 0.05) is 6.54 Å². The Morgan fingerprint density at radius 2 is 1.64 bits per heavy atom. The van der Waals surface area contributed by atoms with E-state index in [2.05, 4.69) is 5.32 Å². The van der Waals surface area contributed by atoms with Crippen molar-refractivity contribution in [1.29, 1.82) is 0 Å². The Kier molecular flexibility index (Phi) is 8.29. The highest BCUT2D eigenvalue weighted by Gasteiger charge is 2.46. The minimum Gasteiger partial charge on any atom is -0.530 e. The summed E-state index contributed by atoms with van der Waals surface area (Å²) in [6.45, 7) is 5.84. The number of nitrogens with zero attached hydrogens (tertiary/aromatic N) is 1. The van der Waals surface area contributed by atoms with Crippen LogP contribution in [0.2, 0.25) is 0 Å². The van der Waals surface area contributed by atoms with Crippen LogP contribution in [0.5, 0.6) is 0 Å². The lowest BCUT2D eigenvalue weighted by molar-refractivity contribution is -0.269. The summed E-state index contributed by atoms with van der Waals surface area (Å²) in [7, 11) is 0. The molecule has 0 radical (unpaired) electrons. The van der Waals surface area contributed by atoms with Crippen molar-refractivity contribution in [2.45, 2.75) is 58.6 Å². The van der Waals surface area contributed by atoms with Crippen molar-refractivity contribution in [3.05, 3.63) is 35.9 Å². The lowest BCUT2D eigenvalue weighted by Gasteiger charge is -2.37. The van der Waals surface area contributed by atoms with E-state index in [9.17, 15) is 33.0 Å². The van der Waals surface area contributed by atoms with Gasteiger partial charge in [-0.15, -0.1) is 0 Å². The van der Waals surface area contributed by atoms with Crippen molar-refractivity contribution in [2.24, 2.45) is 11.8 Å². The van der Waals surface area contributed by atoms with Gasteiger partial charge in [0.1, 0.15) is 12.1 Å². The molecule has 2 amide bonds. The Bertz CT molecular complexity index is 650. The van der Waals surface area contributed by atoms with E-state index >= 15 is 0 Å². The Morgan fingerprint density at radius 1 is 1.11 bits per heavy atom.